The number of aliphatic carboxylic acids is 1. The van der Waals surface area contributed by atoms with Crippen molar-refractivity contribution in [3.63, 3.8) is 0 Å². The molecule has 1 aliphatic rings. The summed E-state index contributed by atoms with van der Waals surface area (Å²) in [7, 11) is 0. The molecule has 2 heterocycles. The van der Waals surface area contributed by atoms with Crippen molar-refractivity contribution in [2.75, 3.05) is 6.61 Å². The van der Waals surface area contributed by atoms with Gasteiger partial charge in [0, 0.05) is 28.7 Å². The van der Waals surface area contributed by atoms with Gasteiger partial charge in [-0.15, -0.1) is 0 Å². The summed E-state index contributed by atoms with van der Waals surface area (Å²) in [5.74, 6) is -1.50. The number of benzene rings is 1. The zero-order valence-electron chi connectivity index (χ0n) is 18.8. The molecule has 1 aliphatic heterocycles. The minimum atomic E-state index is -0.840. The number of rotatable bonds is 10. The van der Waals surface area contributed by atoms with Crippen molar-refractivity contribution >= 4 is 33.7 Å². The van der Waals surface area contributed by atoms with Crippen LogP contribution in [0.25, 0.3) is 0 Å². The number of ketones is 1. The van der Waals surface area contributed by atoms with E-state index in [1.165, 1.54) is 19.3 Å². The normalized spacial score (nSPS) is 14.3. The topological polar surface area (TPSA) is 85.6 Å². The van der Waals surface area contributed by atoms with Crippen LogP contribution in [0.3, 0.4) is 0 Å². The van der Waals surface area contributed by atoms with Crippen LogP contribution in [0.1, 0.15) is 86.5 Å². The van der Waals surface area contributed by atoms with Crippen LogP contribution in [0.5, 0.6) is 0 Å². The summed E-state index contributed by atoms with van der Waals surface area (Å²) < 4.78 is 7.29. The van der Waals surface area contributed by atoms with Crippen LogP contribution < -0.4 is 0 Å². The van der Waals surface area contributed by atoms with E-state index < -0.39 is 11.9 Å². The van der Waals surface area contributed by atoms with E-state index in [0.29, 0.717) is 47.4 Å². The second kappa shape index (κ2) is 13.2. The Kier molecular flexibility index (Phi) is 10.7. The number of aromatic nitrogens is 1. The number of carboxylic acid groups (broad SMARTS) is 1. The smallest absolute Gasteiger partial charge is 0.312 e. The number of fused-ring (bicyclic) bond motifs is 1. The Labute approximate surface area is 198 Å². The predicted octanol–water partition coefficient (Wildman–Crippen LogP) is 5.96. The molecule has 0 aliphatic carbocycles. The summed E-state index contributed by atoms with van der Waals surface area (Å²) in [6.45, 7) is 5.10. The largest absolute Gasteiger partial charge is 0.481 e. The molecule has 174 valence electrons. The minimum Gasteiger partial charge on any atom is -0.481 e. The number of carboxylic acids is 1. The van der Waals surface area contributed by atoms with Gasteiger partial charge in [-0.1, -0.05) is 62.9 Å². The maximum atomic E-state index is 12.6. The van der Waals surface area contributed by atoms with Crippen molar-refractivity contribution in [2.24, 2.45) is 0 Å². The lowest BCUT2D eigenvalue weighted by Gasteiger charge is -2.06. The van der Waals surface area contributed by atoms with Crippen LogP contribution in [-0.2, 0) is 20.9 Å². The molecule has 3 rings (SSSR count). The Morgan fingerprint density at radius 1 is 1.09 bits per heavy atom. The van der Waals surface area contributed by atoms with E-state index in [4.69, 9.17) is 4.74 Å². The van der Waals surface area contributed by atoms with Crippen LogP contribution in [0.4, 0.5) is 0 Å². The average Bonchev–Trinajstić information content (AvgIpc) is 3.32. The average molecular weight is 506 g/mol. The number of halogens is 1. The van der Waals surface area contributed by atoms with Crippen molar-refractivity contribution in [2.45, 2.75) is 71.3 Å². The SMILES string of the molecule is CCCCCCCC(=O)OCC.O=C(c1ccccc1)c1c(Br)cc2n1CCC2C(=O)O. The fraction of sp³-hybridized carbons (Fsp3) is 0.480. The lowest BCUT2D eigenvalue weighted by molar-refractivity contribution is -0.143. The molecule has 2 aromatic rings. The lowest BCUT2D eigenvalue weighted by atomic mass is 10.1. The van der Waals surface area contributed by atoms with Gasteiger partial charge in [0.1, 0.15) is 5.69 Å². The van der Waals surface area contributed by atoms with Gasteiger partial charge in [0.15, 0.2) is 0 Å². The van der Waals surface area contributed by atoms with Crippen molar-refractivity contribution in [1.29, 1.82) is 0 Å². The highest BCUT2D eigenvalue weighted by Gasteiger charge is 2.33. The number of ether oxygens (including phenoxy) is 1. The summed E-state index contributed by atoms with van der Waals surface area (Å²) in [5, 5.41) is 9.20. The van der Waals surface area contributed by atoms with Crippen LogP contribution in [0.15, 0.2) is 40.9 Å². The fourth-order valence-corrected chi connectivity index (χ4v) is 4.41. The first-order valence-electron chi connectivity index (χ1n) is 11.3. The quantitative estimate of drug-likeness (QED) is 0.244. The summed E-state index contributed by atoms with van der Waals surface area (Å²) in [4.78, 5) is 34.6. The highest BCUT2D eigenvalue weighted by Crippen LogP contribution is 2.36. The van der Waals surface area contributed by atoms with E-state index >= 15 is 0 Å². The number of hydrogen-bond donors (Lipinski definition) is 1. The van der Waals surface area contributed by atoms with E-state index in [1.54, 1.807) is 18.2 Å². The highest BCUT2D eigenvalue weighted by molar-refractivity contribution is 9.10. The third kappa shape index (κ3) is 7.05. The standard InChI is InChI=1S/C15H12BrNO3.C10H20O2/c16-11-8-12-10(15(19)20)6-7-17(12)13(11)14(18)9-4-2-1-3-5-9;1-3-5-6-7-8-9-10(11)12-4-2/h1-5,8,10H,6-7H2,(H,19,20);3-9H2,1-2H3. The van der Waals surface area contributed by atoms with Gasteiger partial charge in [-0.3, -0.25) is 14.4 Å². The number of nitrogens with zero attached hydrogens (tertiary/aromatic N) is 1. The van der Waals surface area contributed by atoms with Crippen molar-refractivity contribution < 1.29 is 24.2 Å². The Balaban J connectivity index is 0.000000262. The third-order valence-electron chi connectivity index (χ3n) is 5.42. The molecule has 0 saturated carbocycles. The zero-order valence-corrected chi connectivity index (χ0v) is 20.4. The minimum absolute atomic E-state index is 0.0472. The van der Waals surface area contributed by atoms with E-state index in [1.807, 2.05) is 29.7 Å². The Bertz CT molecular complexity index is 907. The second-order valence-electron chi connectivity index (χ2n) is 7.76. The molecule has 1 aromatic carbocycles. The molecule has 1 aromatic heterocycles. The van der Waals surface area contributed by atoms with E-state index in [2.05, 4.69) is 22.9 Å². The number of esters is 1. The van der Waals surface area contributed by atoms with Crippen LogP contribution in [0, 0.1) is 0 Å². The monoisotopic (exact) mass is 505 g/mol. The molecule has 0 spiro atoms. The number of carbonyl (C=O) groups is 3. The number of carbonyl (C=O) groups excluding carboxylic acids is 2. The Hall–Kier alpha value is -2.41. The first-order valence-corrected chi connectivity index (χ1v) is 12.1. The van der Waals surface area contributed by atoms with Gasteiger partial charge in [-0.2, -0.15) is 0 Å². The molecule has 32 heavy (non-hydrogen) atoms. The Morgan fingerprint density at radius 3 is 2.41 bits per heavy atom. The fourth-order valence-electron chi connectivity index (χ4n) is 3.78. The van der Waals surface area contributed by atoms with E-state index in [0.717, 1.165) is 12.8 Å². The van der Waals surface area contributed by atoms with E-state index in [-0.39, 0.29) is 11.8 Å². The molecular weight excluding hydrogens is 474 g/mol. The van der Waals surface area contributed by atoms with Gasteiger partial charge in [0.2, 0.25) is 5.78 Å². The molecule has 1 unspecified atom stereocenters. The summed E-state index contributed by atoms with van der Waals surface area (Å²) in [5.41, 5.74) is 1.84. The molecule has 0 fully saturated rings. The van der Waals surface area contributed by atoms with Crippen molar-refractivity contribution in [1.82, 2.24) is 4.57 Å². The molecule has 0 radical (unpaired) electrons. The molecule has 0 saturated heterocycles. The first-order chi connectivity index (χ1) is 15.4. The van der Waals surface area contributed by atoms with Gasteiger partial charge in [0.05, 0.1) is 12.5 Å². The highest BCUT2D eigenvalue weighted by atomic mass is 79.9. The van der Waals surface area contributed by atoms with E-state index in [9.17, 15) is 19.5 Å². The van der Waals surface area contributed by atoms with Gasteiger partial charge in [-0.25, -0.2) is 0 Å². The Morgan fingerprint density at radius 2 is 1.78 bits per heavy atom. The number of unbranched alkanes of at least 4 members (excludes halogenated alkanes) is 4. The van der Waals surface area contributed by atoms with Gasteiger partial charge in [-0.05, 0) is 41.8 Å². The molecule has 6 nitrogen and oxygen atoms in total. The van der Waals surface area contributed by atoms with Crippen molar-refractivity contribution in [3.05, 3.63) is 57.8 Å². The maximum absolute atomic E-state index is 12.6. The molecule has 1 N–H and O–H groups in total. The molecule has 1 atom stereocenters. The summed E-state index contributed by atoms with van der Waals surface area (Å²) in [6, 6.07) is 10.8. The zero-order chi connectivity index (χ0) is 23.5. The molecule has 0 amide bonds. The summed E-state index contributed by atoms with van der Waals surface area (Å²) >= 11 is 3.38. The van der Waals surface area contributed by atoms with Crippen molar-refractivity contribution in [3.8, 4) is 0 Å². The molecular formula is C25H32BrNO5. The second-order valence-corrected chi connectivity index (χ2v) is 8.62. The third-order valence-corrected chi connectivity index (χ3v) is 6.02. The lowest BCUT2D eigenvalue weighted by Crippen LogP contribution is -2.10. The molecule has 0 bridgehead atoms. The van der Waals surface area contributed by atoms with Crippen LogP contribution in [-0.4, -0.2) is 34.0 Å². The molecule has 7 heteroatoms. The van der Waals surface area contributed by atoms with Crippen LogP contribution >= 0.6 is 15.9 Å². The summed E-state index contributed by atoms with van der Waals surface area (Å²) in [6.07, 6.45) is 7.05. The van der Waals surface area contributed by atoms with Gasteiger partial charge < -0.3 is 14.4 Å². The predicted molar refractivity (Wildman–Crippen MR) is 127 cm³/mol. The number of hydrogen-bond acceptors (Lipinski definition) is 4. The van der Waals surface area contributed by atoms with Gasteiger partial charge >= 0.3 is 11.9 Å². The van der Waals surface area contributed by atoms with Crippen LogP contribution in [0.2, 0.25) is 0 Å². The first kappa shape index (κ1) is 25.8. The van der Waals surface area contributed by atoms with Gasteiger partial charge in [0.25, 0.3) is 0 Å². The maximum Gasteiger partial charge on any atom is 0.312 e.